The molecule has 1 fully saturated rings. The SMILES string of the molecule is COc1ccccc1CCNC(=O)c1ccc(N2CC(=O)NC2=O)cc1. The molecule has 3 rings (SSSR count). The molecule has 2 aromatic carbocycles. The van der Waals surface area contributed by atoms with Crippen LogP contribution in [0, 0.1) is 0 Å². The maximum Gasteiger partial charge on any atom is 0.329 e. The van der Waals surface area contributed by atoms with Gasteiger partial charge in [0.2, 0.25) is 5.91 Å². The molecule has 0 unspecified atom stereocenters. The highest BCUT2D eigenvalue weighted by molar-refractivity contribution is 6.12. The fourth-order valence-electron chi connectivity index (χ4n) is 2.77. The van der Waals surface area contributed by atoms with Gasteiger partial charge < -0.3 is 10.1 Å². The first-order valence-corrected chi connectivity index (χ1v) is 8.20. The maximum absolute atomic E-state index is 12.2. The van der Waals surface area contributed by atoms with E-state index in [0.717, 1.165) is 11.3 Å². The number of nitrogens with one attached hydrogen (secondary N) is 2. The Morgan fingerprint density at radius 3 is 2.54 bits per heavy atom. The van der Waals surface area contributed by atoms with Gasteiger partial charge in [-0.2, -0.15) is 0 Å². The van der Waals surface area contributed by atoms with Crippen LogP contribution in [-0.4, -0.2) is 38.0 Å². The second-order valence-corrected chi connectivity index (χ2v) is 5.80. The summed E-state index contributed by atoms with van der Waals surface area (Å²) < 4.78 is 5.29. The summed E-state index contributed by atoms with van der Waals surface area (Å²) in [5.74, 6) is 0.256. The Hall–Kier alpha value is -3.35. The third-order valence-electron chi connectivity index (χ3n) is 4.11. The third kappa shape index (κ3) is 3.83. The summed E-state index contributed by atoms with van der Waals surface area (Å²) >= 11 is 0. The van der Waals surface area contributed by atoms with Gasteiger partial charge in [0.15, 0.2) is 0 Å². The smallest absolute Gasteiger partial charge is 0.329 e. The Bertz CT molecular complexity index is 833. The van der Waals surface area contributed by atoms with E-state index in [4.69, 9.17) is 4.74 Å². The summed E-state index contributed by atoms with van der Waals surface area (Å²) in [6.07, 6.45) is 0.657. The van der Waals surface area contributed by atoms with Gasteiger partial charge in [-0.15, -0.1) is 0 Å². The lowest BCUT2D eigenvalue weighted by Crippen LogP contribution is -2.28. The minimum atomic E-state index is -0.455. The van der Waals surface area contributed by atoms with E-state index in [9.17, 15) is 14.4 Å². The zero-order valence-corrected chi connectivity index (χ0v) is 14.3. The highest BCUT2D eigenvalue weighted by Crippen LogP contribution is 2.18. The molecule has 1 heterocycles. The first kappa shape index (κ1) is 17.5. The fraction of sp³-hybridized carbons (Fsp3) is 0.211. The minimum absolute atomic E-state index is 0.0106. The average Bonchev–Trinajstić information content (AvgIpc) is 3.00. The van der Waals surface area contributed by atoms with Crippen LogP contribution in [0.25, 0.3) is 0 Å². The van der Waals surface area contributed by atoms with Gasteiger partial charge in [0.25, 0.3) is 5.91 Å². The van der Waals surface area contributed by atoms with Crippen LogP contribution in [-0.2, 0) is 11.2 Å². The Labute approximate surface area is 150 Å². The van der Waals surface area contributed by atoms with E-state index in [1.807, 2.05) is 24.3 Å². The first-order chi connectivity index (χ1) is 12.6. The number of carbonyl (C=O) groups is 3. The number of methoxy groups -OCH3 is 1. The molecule has 26 heavy (non-hydrogen) atoms. The van der Waals surface area contributed by atoms with Crippen LogP contribution in [0.1, 0.15) is 15.9 Å². The molecule has 4 amide bonds. The van der Waals surface area contributed by atoms with E-state index in [0.29, 0.717) is 24.2 Å². The number of imide groups is 1. The molecule has 0 bridgehead atoms. The number of carbonyl (C=O) groups excluding carboxylic acids is 3. The highest BCUT2D eigenvalue weighted by Gasteiger charge is 2.27. The van der Waals surface area contributed by atoms with Gasteiger partial charge in [-0.3, -0.25) is 19.8 Å². The van der Waals surface area contributed by atoms with Crippen LogP contribution in [0.15, 0.2) is 48.5 Å². The number of urea groups is 1. The number of nitrogens with zero attached hydrogens (tertiary/aromatic N) is 1. The van der Waals surface area contributed by atoms with Gasteiger partial charge in [-0.1, -0.05) is 18.2 Å². The molecule has 1 aliphatic rings. The normalized spacial score (nSPS) is 13.5. The van der Waals surface area contributed by atoms with Gasteiger partial charge in [0, 0.05) is 17.8 Å². The topological polar surface area (TPSA) is 87.7 Å². The Morgan fingerprint density at radius 2 is 1.88 bits per heavy atom. The summed E-state index contributed by atoms with van der Waals surface area (Å²) in [7, 11) is 1.62. The van der Waals surface area contributed by atoms with Gasteiger partial charge in [-0.05, 0) is 42.3 Å². The van der Waals surface area contributed by atoms with Crippen molar-refractivity contribution < 1.29 is 19.1 Å². The van der Waals surface area contributed by atoms with Crippen molar-refractivity contribution in [1.29, 1.82) is 0 Å². The van der Waals surface area contributed by atoms with Crippen LogP contribution in [0.4, 0.5) is 10.5 Å². The maximum atomic E-state index is 12.2. The first-order valence-electron chi connectivity index (χ1n) is 8.20. The fourth-order valence-corrected chi connectivity index (χ4v) is 2.77. The number of para-hydroxylation sites is 1. The van der Waals surface area contributed by atoms with Crippen molar-refractivity contribution >= 4 is 23.5 Å². The van der Waals surface area contributed by atoms with E-state index in [1.54, 1.807) is 31.4 Å². The molecular weight excluding hydrogens is 334 g/mol. The highest BCUT2D eigenvalue weighted by atomic mass is 16.5. The van der Waals surface area contributed by atoms with Crippen molar-refractivity contribution in [2.24, 2.45) is 0 Å². The second-order valence-electron chi connectivity index (χ2n) is 5.80. The number of hydrogen-bond donors (Lipinski definition) is 2. The number of anilines is 1. The third-order valence-corrected chi connectivity index (χ3v) is 4.11. The molecule has 134 valence electrons. The lowest BCUT2D eigenvalue weighted by molar-refractivity contribution is -0.117. The molecule has 0 spiro atoms. The quantitative estimate of drug-likeness (QED) is 0.774. The van der Waals surface area contributed by atoms with Crippen LogP contribution < -0.4 is 20.3 Å². The summed E-state index contributed by atoms with van der Waals surface area (Å²) in [6.45, 7) is 0.466. The monoisotopic (exact) mass is 353 g/mol. The van der Waals surface area contributed by atoms with Crippen LogP contribution >= 0.6 is 0 Å². The average molecular weight is 353 g/mol. The molecule has 7 heteroatoms. The molecule has 0 aromatic heterocycles. The summed E-state index contributed by atoms with van der Waals surface area (Å²) in [5, 5.41) is 5.08. The molecular formula is C19H19N3O4. The van der Waals surface area contributed by atoms with Gasteiger partial charge in [-0.25, -0.2) is 4.79 Å². The van der Waals surface area contributed by atoms with Crippen molar-refractivity contribution in [1.82, 2.24) is 10.6 Å². The molecule has 0 aliphatic carbocycles. The number of ether oxygens (including phenoxy) is 1. The summed E-state index contributed by atoms with van der Waals surface area (Å²) in [6, 6.07) is 13.8. The summed E-state index contributed by atoms with van der Waals surface area (Å²) in [5.41, 5.74) is 2.08. The molecule has 2 N–H and O–H groups in total. The van der Waals surface area contributed by atoms with E-state index >= 15 is 0 Å². The molecule has 0 radical (unpaired) electrons. The molecule has 0 atom stereocenters. The zero-order valence-electron chi connectivity index (χ0n) is 14.3. The Balaban J connectivity index is 1.57. The number of amides is 4. The lowest BCUT2D eigenvalue weighted by Gasteiger charge is -2.13. The van der Waals surface area contributed by atoms with Crippen LogP contribution in [0.3, 0.4) is 0 Å². The lowest BCUT2D eigenvalue weighted by atomic mass is 10.1. The predicted molar refractivity (Wildman–Crippen MR) is 96.4 cm³/mol. The summed E-state index contributed by atoms with van der Waals surface area (Å²) in [4.78, 5) is 36.5. The van der Waals surface area contributed by atoms with E-state index < -0.39 is 6.03 Å². The van der Waals surface area contributed by atoms with Crippen molar-refractivity contribution in [2.75, 3.05) is 25.1 Å². The van der Waals surface area contributed by atoms with Gasteiger partial charge in [0.1, 0.15) is 12.3 Å². The molecule has 1 saturated heterocycles. The minimum Gasteiger partial charge on any atom is -0.496 e. The molecule has 2 aromatic rings. The van der Waals surface area contributed by atoms with Crippen molar-refractivity contribution in [3.63, 3.8) is 0 Å². The second kappa shape index (κ2) is 7.69. The van der Waals surface area contributed by atoms with Crippen LogP contribution in [0.5, 0.6) is 5.75 Å². The molecule has 7 nitrogen and oxygen atoms in total. The Kier molecular flexibility index (Phi) is 5.17. The van der Waals surface area contributed by atoms with E-state index in [1.165, 1.54) is 4.90 Å². The Morgan fingerprint density at radius 1 is 1.15 bits per heavy atom. The molecule has 1 aliphatic heterocycles. The van der Waals surface area contributed by atoms with Crippen molar-refractivity contribution in [3.8, 4) is 5.75 Å². The van der Waals surface area contributed by atoms with E-state index in [2.05, 4.69) is 10.6 Å². The van der Waals surface area contributed by atoms with Crippen molar-refractivity contribution in [3.05, 3.63) is 59.7 Å². The van der Waals surface area contributed by atoms with Crippen molar-refractivity contribution in [2.45, 2.75) is 6.42 Å². The largest absolute Gasteiger partial charge is 0.496 e. The molecule has 0 saturated carbocycles. The van der Waals surface area contributed by atoms with E-state index in [-0.39, 0.29) is 18.4 Å². The standard InChI is InChI=1S/C19H19N3O4/c1-26-16-5-3-2-4-13(16)10-11-20-18(24)14-6-8-15(9-7-14)22-12-17(23)21-19(22)25/h2-9H,10-12H2,1H3,(H,20,24)(H,21,23,25). The van der Waals surface area contributed by atoms with Gasteiger partial charge >= 0.3 is 6.03 Å². The number of hydrogen-bond acceptors (Lipinski definition) is 4. The predicted octanol–water partition coefficient (Wildman–Crippen LogP) is 1.72. The van der Waals surface area contributed by atoms with Gasteiger partial charge in [0.05, 0.1) is 7.11 Å². The number of rotatable bonds is 6. The van der Waals surface area contributed by atoms with Crippen LogP contribution in [0.2, 0.25) is 0 Å². The number of benzene rings is 2. The zero-order chi connectivity index (χ0) is 18.5.